The number of ether oxygens (including phenoxy) is 1. The van der Waals surface area contributed by atoms with Crippen LogP contribution >= 0.6 is 0 Å². The van der Waals surface area contributed by atoms with Gasteiger partial charge in [-0.1, -0.05) is 27.7 Å². The lowest BCUT2D eigenvalue weighted by molar-refractivity contribution is -0.152. The van der Waals surface area contributed by atoms with Crippen LogP contribution in [0.4, 0.5) is 0 Å². The molecule has 0 spiro atoms. The second-order valence-corrected chi connectivity index (χ2v) is 7.78. The maximum absolute atomic E-state index is 12.1. The van der Waals surface area contributed by atoms with Crippen LogP contribution in [0.25, 0.3) is 0 Å². The predicted molar refractivity (Wildman–Crippen MR) is 87.0 cm³/mol. The Morgan fingerprint density at radius 2 is 1.76 bits per heavy atom. The van der Waals surface area contributed by atoms with Crippen molar-refractivity contribution in [2.45, 2.75) is 78.4 Å². The molecule has 1 aliphatic rings. The van der Waals surface area contributed by atoms with E-state index in [1.54, 1.807) is 0 Å². The van der Waals surface area contributed by atoms with E-state index in [1.165, 1.54) is 0 Å². The van der Waals surface area contributed by atoms with Crippen molar-refractivity contribution in [2.75, 3.05) is 13.1 Å². The zero-order valence-electron chi connectivity index (χ0n) is 14.5. The molecule has 0 aromatic carbocycles. The Labute approximate surface area is 130 Å². The Bertz CT molecular complexity index is 330. The summed E-state index contributed by atoms with van der Waals surface area (Å²) in [7, 11) is 0. The molecule has 0 saturated heterocycles. The number of rotatable bonds is 7. The smallest absolute Gasteiger partial charge is 0.248 e. The topological polar surface area (TPSA) is 64.3 Å². The molecular weight excluding hydrogens is 264 g/mol. The Morgan fingerprint density at radius 3 is 2.24 bits per heavy atom. The van der Waals surface area contributed by atoms with Gasteiger partial charge in [-0.25, -0.2) is 0 Å². The van der Waals surface area contributed by atoms with Crippen molar-refractivity contribution in [3.05, 3.63) is 0 Å². The third-order valence-corrected chi connectivity index (χ3v) is 4.70. The van der Waals surface area contributed by atoms with Gasteiger partial charge in [-0.3, -0.25) is 4.79 Å². The molecule has 0 bridgehead atoms. The van der Waals surface area contributed by atoms with Crippen molar-refractivity contribution in [2.24, 2.45) is 17.1 Å². The minimum atomic E-state index is -0.429. The SMILES string of the molecule is CC(C)CCNC(=O)C(C)OC1(CN)CCC(C)(C)CC1. The van der Waals surface area contributed by atoms with Gasteiger partial charge in [-0.05, 0) is 50.4 Å². The minimum absolute atomic E-state index is 0.0201. The molecule has 21 heavy (non-hydrogen) atoms. The number of hydrogen-bond acceptors (Lipinski definition) is 3. The molecule has 0 aromatic rings. The van der Waals surface area contributed by atoms with Gasteiger partial charge in [0.05, 0.1) is 5.60 Å². The zero-order valence-corrected chi connectivity index (χ0v) is 14.5. The van der Waals surface area contributed by atoms with Gasteiger partial charge in [-0.2, -0.15) is 0 Å². The Kier molecular flexibility index (Phi) is 6.67. The molecule has 1 unspecified atom stereocenters. The molecule has 4 heteroatoms. The van der Waals surface area contributed by atoms with Gasteiger partial charge in [0.1, 0.15) is 6.10 Å². The number of amides is 1. The van der Waals surface area contributed by atoms with Crippen molar-refractivity contribution in [3.8, 4) is 0 Å². The first-order valence-corrected chi connectivity index (χ1v) is 8.35. The molecule has 3 N–H and O–H groups in total. The third kappa shape index (κ3) is 5.95. The number of carbonyl (C=O) groups excluding carboxylic acids is 1. The number of carbonyl (C=O) groups is 1. The van der Waals surface area contributed by atoms with Crippen molar-refractivity contribution < 1.29 is 9.53 Å². The van der Waals surface area contributed by atoms with Crippen LogP contribution in [0.2, 0.25) is 0 Å². The second kappa shape index (κ2) is 7.59. The highest BCUT2D eigenvalue weighted by atomic mass is 16.5. The largest absolute Gasteiger partial charge is 0.361 e. The Morgan fingerprint density at radius 1 is 1.19 bits per heavy atom. The van der Waals surface area contributed by atoms with E-state index < -0.39 is 6.10 Å². The lowest BCUT2D eigenvalue weighted by Gasteiger charge is -2.43. The van der Waals surface area contributed by atoms with Gasteiger partial charge in [0.15, 0.2) is 0 Å². The monoisotopic (exact) mass is 298 g/mol. The highest BCUT2D eigenvalue weighted by molar-refractivity contribution is 5.80. The van der Waals surface area contributed by atoms with E-state index in [-0.39, 0.29) is 11.5 Å². The van der Waals surface area contributed by atoms with Crippen LogP contribution in [-0.2, 0) is 9.53 Å². The highest BCUT2D eigenvalue weighted by Gasteiger charge is 2.40. The van der Waals surface area contributed by atoms with Crippen molar-refractivity contribution in [1.29, 1.82) is 0 Å². The third-order valence-electron chi connectivity index (χ3n) is 4.70. The summed E-state index contributed by atoms with van der Waals surface area (Å²) < 4.78 is 6.10. The van der Waals surface area contributed by atoms with E-state index in [9.17, 15) is 4.79 Å². The molecule has 1 amide bonds. The first kappa shape index (κ1) is 18.4. The lowest BCUT2D eigenvalue weighted by atomic mass is 9.71. The molecule has 1 atom stereocenters. The summed E-state index contributed by atoms with van der Waals surface area (Å²) in [6.07, 6.45) is 4.66. The molecule has 1 saturated carbocycles. The van der Waals surface area contributed by atoms with Crippen molar-refractivity contribution >= 4 is 5.91 Å². The van der Waals surface area contributed by atoms with Gasteiger partial charge < -0.3 is 15.8 Å². The van der Waals surface area contributed by atoms with Crippen LogP contribution in [0.3, 0.4) is 0 Å². The van der Waals surface area contributed by atoms with E-state index in [4.69, 9.17) is 10.5 Å². The maximum Gasteiger partial charge on any atom is 0.248 e. The standard InChI is InChI=1S/C17H34N2O2/c1-13(2)6-11-19-15(20)14(3)21-17(12-18)9-7-16(4,5)8-10-17/h13-14H,6-12,18H2,1-5H3,(H,19,20). The average molecular weight is 298 g/mol. The predicted octanol–water partition coefficient (Wildman–Crippen LogP) is 2.85. The summed E-state index contributed by atoms with van der Waals surface area (Å²) in [5, 5.41) is 2.96. The molecule has 124 valence electrons. The van der Waals surface area contributed by atoms with E-state index in [0.29, 0.717) is 24.4 Å². The van der Waals surface area contributed by atoms with Crippen LogP contribution in [0, 0.1) is 11.3 Å². The molecule has 0 aromatic heterocycles. The fraction of sp³-hybridized carbons (Fsp3) is 0.941. The molecular formula is C17H34N2O2. The summed E-state index contributed by atoms with van der Waals surface area (Å²) in [4.78, 5) is 12.1. The molecule has 1 fully saturated rings. The highest BCUT2D eigenvalue weighted by Crippen LogP contribution is 2.42. The second-order valence-electron chi connectivity index (χ2n) is 7.78. The van der Waals surface area contributed by atoms with Crippen LogP contribution in [0.15, 0.2) is 0 Å². The van der Waals surface area contributed by atoms with E-state index in [2.05, 4.69) is 33.0 Å². The first-order valence-electron chi connectivity index (χ1n) is 8.35. The summed E-state index contributed by atoms with van der Waals surface area (Å²) in [5.74, 6) is 0.575. The van der Waals surface area contributed by atoms with Gasteiger partial charge in [0.25, 0.3) is 0 Å². The lowest BCUT2D eigenvalue weighted by Crippen LogP contribution is -2.50. The van der Waals surface area contributed by atoms with E-state index >= 15 is 0 Å². The van der Waals surface area contributed by atoms with Crippen LogP contribution < -0.4 is 11.1 Å². The fourth-order valence-corrected chi connectivity index (χ4v) is 2.81. The van der Waals surface area contributed by atoms with Gasteiger partial charge >= 0.3 is 0 Å². The summed E-state index contributed by atoms with van der Waals surface area (Å²) in [6.45, 7) is 11.9. The van der Waals surface area contributed by atoms with E-state index in [0.717, 1.165) is 32.1 Å². The molecule has 0 aliphatic heterocycles. The van der Waals surface area contributed by atoms with Crippen LogP contribution in [0.1, 0.15) is 66.7 Å². The molecule has 1 aliphatic carbocycles. The number of nitrogens with two attached hydrogens (primary N) is 1. The van der Waals surface area contributed by atoms with Crippen molar-refractivity contribution in [1.82, 2.24) is 5.32 Å². The molecule has 4 nitrogen and oxygen atoms in total. The quantitative estimate of drug-likeness (QED) is 0.759. The molecule has 1 rings (SSSR count). The summed E-state index contributed by atoms with van der Waals surface area (Å²) >= 11 is 0. The number of nitrogens with one attached hydrogen (secondary N) is 1. The average Bonchev–Trinajstić information content (AvgIpc) is 2.41. The van der Waals surface area contributed by atoms with Gasteiger partial charge in [0, 0.05) is 13.1 Å². The molecule has 0 radical (unpaired) electrons. The molecule has 0 heterocycles. The van der Waals surface area contributed by atoms with Gasteiger partial charge in [0.2, 0.25) is 5.91 Å². The van der Waals surface area contributed by atoms with E-state index in [1.807, 2.05) is 6.92 Å². The van der Waals surface area contributed by atoms with Crippen LogP contribution in [0.5, 0.6) is 0 Å². The van der Waals surface area contributed by atoms with Crippen molar-refractivity contribution in [3.63, 3.8) is 0 Å². The Balaban J connectivity index is 2.47. The Hall–Kier alpha value is -0.610. The normalized spacial score (nSPS) is 22.0. The zero-order chi connectivity index (χ0) is 16.1. The van der Waals surface area contributed by atoms with Crippen LogP contribution in [-0.4, -0.2) is 30.7 Å². The first-order chi connectivity index (χ1) is 9.70. The maximum atomic E-state index is 12.1. The summed E-state index contributed by atoms with van der Waals surface area (Å²) in [6, 6.07) is 0. The minimum Gasteiger partial charge on any atom is -0.361 e. The fourth-order valence-electron chi connectivity index (χ4n) is 2.81. The summed E-state index contributed by atoms with van der Waals surface area (Å²) in [5.41, 5.74) is 6.01. The van der Waals surface area contributed by atoms with Gasteiger partial charge in [-0.15, -0.1) is 0 Å². The number of hydrogen-bond donors (Lipinski definition) is 2.